The molecule has 0 aromatic heterocycles. The molecule has 1 aromatic carbocycles. The normalized spacial score (nSPS) is 22.0. The molecule has 1 aliphatic rings. The Labute approximate surface area is 133 Å². The minimum Gasteiger partial charge on any atom is -0.342 e. The average Bonchev–Trinajstić information content (AvgIpc) is 2.61. The highest BCUT2D eigenvalue weighted by Crippen LogP contribution is 2.33. The molecule has 7 heteroatoms. The maximum atomic E-state index is 13.1. The molecule has 4 nitrogen and oxygen atoms in total. The molecule has 1 aromatic rings. The summed E-state index contributed by atoms with van der Waals surface area (Å²) in [5.41, 5.74) is -1.75. The number of carbonyl (C=O) groups is 1. The van der Waals surface area contributed by atoms with E-state index in [1.54, 1.807) is 6.92 Å². The second kappa shape index (κ2) is 5.86. The molecule has 0 radical (unpaired) electrons. The maximum Gasteiger partial charge on any atom is 0.416 e. The lowest BCUT2D eigenvalue weighted by Gasteiger charge is -2.24. The Morgan fingerprint density at radius 3 is 2.48 bits per heavy atom. The predicted molar refractivity (Wildman–Crippen MR) is 80.7 cm³/mol. The van der Waals surface area contributed by atoms with Crippen molar-refractivity contribution in [1.82, 2.24) is 10.2 Å². The fourth-order valence-electron chi connectivity index (χ4n) is 2.99. The fourth-order valence-corrected chi connectivity index (χ4v) is 2.99. The summed E-state index contributed by atoms with van der Waals surface area (Å²) in [5.74, 6) is -0.310. The minimum absolute atomic E-state index is 0.0197. The number of rotatable bonds is 4. The monoisotopic (exact) mass is 327 g/mol. The standard InChI is InChI=1S/C16H20F3N3O/c1-10(2)8-15(3)13(23)22(14(20)21-15)9-11-6-4-5-7-12(11)16(17,18)19/h4-7,10H,8-9H2,1-3H3,(H2,20,21). The molecule has 1 saturated heterocycles. The topological polar surface area (TPSA) is 56.2 Å². The van der Waals surface area contributed by atoms with E-state index in [1.807, 2.05) is 13.8 Å². The summed E-state index contributed by atoms with van der Waals surface area (Å²) in [5, 5.41) is 10.7. The fraction of sp³-hybridized carbons (Fsp3) is 0.500. The molecule has 2 rings (SSSR count). The summed E-state index contributed by atoms with van der Waals surface area (Å²) in [6, 6.07) is 5.13. The van der Waals surface area contributed by atoms with E-state index in [4.69, 9.17) is 5.41 Å². The summed E-state index contributed by atoms with van der Waals surface area (Å²) in [6.45, 7) is 5.31. The molecular weight excluding hydrogens is 307 g/mol. The molecule has 1 aliphatic heterocycles. The van der Waals surface area contributed by atoms with E-state index in [-0.39, 0.29) is 29.9 Å². The van der Waals surface area contributed by atoms with Crippen LogP contribution in [0.1, 0.15) is 38.3 Å². The summed E-state index contributed by atoms with van der Waals surface area (Å²) in [6.07, 6.45) is -3.98. The first-order valence-electron chi connectivity index (χ1n) is 7.38. The number of alkyl halides is 3. The number of halogens is 3. The summed E-state index contributed by atoms with van der Waals surface area (Å²) in [7, 11) is 0. The van der Waals surface area contributed by atoms with Gasteiger partial charge in [-0.1, -0.05) is 32.0 Å². The quantitative estimate of drug-likeness (QED) is 0.891. The van der Waals surface area contributed by atoms with Crippen molar-refractivity contribution in [1.29, 1.82) is 5.41 Å². The van der Waals surface area contributed by atoms with Gasteiger partial charge in [0.05, 0.1) is 12.1 Å². The smallest absolute Gasteiger partial charge is 0.342 e. The number of nitrogens with one attached hydrogen (secondary N) is 2. The van der Waals surface area contributed by atoms with Crippen molar-refractivity contribution in [3.8, 4) is 0 Å². The van der Waals surface area contributed by atoms with Gasteiger partial charge in [0.25, 0.3) is 5.91 Å². The number of amides is 1. The van der Waals surface area contributed by atoms with Gasteiger partial charge in [0.15, 0.2) is 5.96 Å². The van der Waals surface area contributed by atoms with E-state index in [0.717, 1.165) is 11.0 Å². The zero-order valence-corrected chi connectivity index (χ0v) is 13.3. The van der Waals surface area contributed by atoms with Crippen LogP contribution in [0.15, 0.2) is 24.3 Å². The van der Waals surface area contributed by atoms with Gasteiger partial charge in [0.1, 0.15) is 5.54 Å². The van der Waals surface area contributed by atoms with Gasteiger partial charge in [-0.05, 0) is 30.9 Å². The number of carbonyl (C=O) groups excluding carboxylic acids is 1. The Morgan fingerprint density at radius 1 is 1.30 bits per heavy atom. The summed E-state index contributed by atoms with van der Waals surface area (Å²) < 4.78 is 39.2. The third-order valence-electron chi connectivity index (χ3n) is 3.85. The van der Waals surface area contributed by atoms with Gasteiger partial charge in [-0.25, -0.2) is 0 Å². The zero-order chi connectivity index (χ0) is 17.4. The molecule has 1 heterocycles. The van der Waals surface area contributed by atoms with Gasteiger partial charge < -0.3 is 5.32 Å². The Morgan fingerprint density at radius 2 is 1.91 bits per heavy atom. The van der Waals surface area contributed by atoms with Gasteiger partial charge in [-0.3, -0.25) is 15.1 Å². The first kappa shape index (κ1) is 17.3. The maximum absolute atomic E-state index is 13.1. The lowest BCUT2D eigenvalue weighted by Crippen LogP contribution is -2.45. The SMILES string of the molecule is CC(C)CC1(C)NC(=N)N(Cc2ccccc2C(F)(F)F)C1=O. The Hall–Kier alpha value is -2.05. The van der Waals surface area contributed by atoms with Crippen LogP contribution in [0.4, 0.5) is 13.2 Å². The van der Waals surface area contributed by atoms with E-state index in [1.165, 1.54) is 18.2 Å². The minimum atomic E-state index is -4.49. The van der Waals surface area contributed by atoms with Crippen LogP contribution in [0.2, 0.25) is 0 Å². The Balaban J connectivity index is 2.28. The molecular formula is C16H20F3N3O. The molecule has 1 unspecified atom stereocenters. The van der Waals surface area contributed by atoms with Crippen molar-refractivity contribution in [2.75, 3.05) is 0 Å². The van der Waals surface area contributed by atoms with Crippen molar-refractivity contribution >= 4 is 11.9 Å². The number of nitrogens with zero attached hydrogens (tertiary/aromatic N) is 1. The Kier molecular flexibility index (Phi) is 4.41. The van der Waals surface area contributed by atoms with Crippen LogP contribution in [0, 0.1) is 11.3 Å². The average molecular weight is 327 g/mol. The van der Waals surface area contributed by atoms with Crippen LogP contribution in [-0.2, 0) is 17.5 Å². The van der Waals surface area contributed by atoms with Gasteiger partial charge in [0, 0.05) is 0 Å². The second-order valence-corrected chi connectivity index (χ2v) is 6.45. The lowest BCUT2D eigenvalue weighted by atomic mass is 9.91. The highest BCUT2D eigenvalue weighted by molar-refractivity contribution is 6.07. The molecule has 2 N–H and O–H groups in total. The van der Waals surface area contributed by atoms with E-state index in [0.29, 0.717) is 6.42 Å². The van der Waals surface area contributed by atoms with Crippen LogP contribution in [-0.4, -0.2) is 22.3 Å². The van der Waals surface area contributed by atoms with Crippen LogP contribution in [0.3, 0.4) is 0 Å². The summed E-state index contributed by atoms with van der Waals surface area (Å²) >= 11 is 0. The van der Waals surface area contributed by atoms with Crippen molar-refractivity contribution in [3.05, 3.63) is 35.4 Å². The van der Waals surface area contributed by atoms with Gasteiger partial charge in [0.2, 0.25) is 0 Å². The highest BCUT2D eigenvalue weighted by Gasteiger charge is 2.46. The molecule has 0 saturated carbocycles. The first-order valence-corrected chi connectivity index (χ1v) is 7.38. The molecule has 0 spiro atoms. The highest BCUT2D eigenvalue weighted by atomic mass is 19.4. The molecule has 0 bridgehead atoms. The van der Waals surface area contributed by atoms with Crippen LogP contribution >= 0.6 is 0 Å². The van der Waals surface area contributed by atoms with Crippen molar-refractivity contribution in [2.45, 2.75) is 45.5 Å². The van der Waals surface area contributed by atoms with E-state index < -0.39 is 17.3 Å². The molecule has 126 valence electrons. The molecule has 1 atom stereocenters. The number of benzene rings is 1. The van der Waals surface area contributed by atoms with Crippen LogP contribution in [0.5, 0.6) is 0 Å². The number of hydrogen-bond donors (Lipinski definition) is 2. The van der Waals surface area contributed by atoms with Crippen LogP contribution < -0.4 is 5.32 Å². The molecule has 1 fully saturated rings. The largest absolute Gasteiger partial charge is 0.416 e. The van der Waals surface area contributed by atoms with Crippen molar-refractivity contribution in [3.63, 3.8) is 0 Å². The number of guanidine groups is 1. The number of hydrogen-bond acceptors (Lipinski definition) is 2. The molecule has 0 aliphatic carbocycles. The van der Waals surface area contributed by atoms with Gasteiger partial charge >= 0.3 is 6.18 Å². The third kappa shape index (κ3) is 3.48. The predicted octanol–water partition coefficient (Wildman–Crippen LogP) is 3.38. The van der Waals surface area contributed by atoms with Gasteiger partial charge in [-0.2, -0.15) is 13.2 Å². The molecule has 1 amide bonds. The van der Waals surface area contributed by atoms with E-state index in [9.17, 15) is 18.0 Å². The lowest BCUT2D eigenvalue weighted by molar-refractivity contribution is -0.139. The Bertz CT molecular complexity index is 627. The van der Waals surface area contributed by atoms with Crippen molar-refractivity contribution in [2.24, 2.45) is 5.92 Å². The van der Waals surface area contributed by atoms with E-state index in [2.05, 4.69) is 5.32 Å². The van der Waals surface area contributed by atoms with E-state index >= 15 is 0 Å². The second-order valence-electron chi connectivity index (χ2n) is 6.45. The zero-order valence-electron chi connectivity index (χ0n) is 13.3. The molecule has 23 heavy (non-hydrogen) atoms. The van der Waals surface area contributed by atoms with Crippen molar-refractivity contribution < 1.29 is 18.0 Å². The van der Waals surface area contributed by atoms with Gasteiger partial charge in [-0.15, -0.1) is 0 Å². The third-order valence-corrected chi connectivity index (χ3v) is 3.85. The first-order chi connectivity index (χ1) is 10.5. The summed E-state index contributed by atoms with van der Waals surface area (Å²) in [4.78, 5) is 13.7. The van der Waals surface area contributed by atoms with Crippen LogP contribution in [0.25, 0.3) is 0 Å².